The van der Waals surface area contributed by atoms with Crippen LogP contribution in [0, 0.1) is 0 Å². The smallest absolute Gasteiger partial charge is 0.170 e. The normalized spacial score (nSPS) is 10.3. The van der Waals surface area contributed by atoms with Gasteiger partial charge in [0.05, 0.1) is 28.4 Å². The third kappa shape index (κ3) is 8.81. The topological polar surface area (TPSA) is 152 Å². The zero-order valence-corrected chi connectivity index (χ0v) is 25.0. The summed E-state index contributed by atoms with van der Waals surface area (Å²) in [6.45, 7) is 0. The van der Waals surface area contributed by atoms with Gasteiger partial charge in [-0.05, 0) is 48.2 Å². The Morgan fingerprint density at radius 1 is 0.523 bits per heavy atom. The number of hydrogen-bond donors (Lipinski definition) is 4. The van der Waals surface area contributed by atoms with Gasteiger partial charge in [0.2, 0.25) is 0 Å². The Balaban J connectivity index is 0.000000240. The number of aryl methyl sites for hydroxylation is 2. The number of phenols is 4. The maximum Gasteiger partial charge on any atom is 0.170 e. The lowest BCUT2D eigenvalue weighted by molar-refractivity contribution is 0.0968. The van der Waals surface area contributed by atoms with Crippen LogP contribution in [0.5, 0.6) is 46.0 Å². The molecule has 0 heterocycles. The van der Waals surface area contributed by atoms with Gasteiger partial charge < -0.3 is 39.4 Å². The van der Waals surface area contributed by atoms with Crippen LogP contribution in [0.15, 0.2) is 72.8 Å². The quantitative estimate of drug-likeness (QED) is 0.145. The van der Waals surface area contributed by atoms with Crippen LogP contribution in [0.25, 0.3) is 0 Å². The first kappa shape index (κ1) is 33.1. The zero-order valence-electron chi connectivity index (χ0n) is 25.0. The summed E-state index contributed by atoms with van der Waals surface area (Å²) in [6, 6.07) is 19.8. The van der Waals surface area contributed by atoms with Gasteiger partial charge in [0.1, 0.15) is 57.1 Å². The summed E-state index contributed by atoms with van der Waals surface area (Å²) in [5, 5.41) is 38.6. The van der Waals surface area contributed by atoms with E-state index in [2.05, 4.69) is 0 Å². The number of carbonyl (C=O) groups is 2. The number of benzene rings is 4. The maximum absolute atomic E-state index is 12.3. The van der Waals surface area contributed by atoms with Crippen molar-refractivity contribution in [1.82, 2.24) is 0 Å². The Hall–Kier alpha value is -5.38. The first-order chi connectivity index (χ1) is 21.1. The molecule has 4 aromatic carbocycles. The van der Waals surface area contributed by atoms with Crippen molar-refractivity contribution >= 4 is 11.6 Å². The number of ketones is 2. The molecule has 4 rings (SSSR count). The molecular weight excluding hydrogens is 568 g/mol. The average Bonchev–Trinajstić information content (AvgIpc) is 3.02. The predicted molar refractivity (Wildman–Crippen MR) is 164 cm³/mol. The monoisotopic (exact) mass is 604 g/mol. The summed E-state index contributed by atoms with van der Waals surface area (Å²) >= 11 is 0. The van der Waals surface area contributed by atoms with E-state index in [1.807, 2.05) is 48.5 Å². The van der Waals surface area contributed by atoms with Gasteiger partial charge in [-0.15, -0.1) is 0 Å². The van der Waals surface area contributed by atoms with Crippen LogP contribution in [0.3, 0.4) is 0 Å². The molecule has 0 saturated heterocycles. The van der Waals surface area contributed by atoms with Gasteiger partial charge in [-0.2, -0.15) is 0 Å². The van der Waals surface area contributed by atoms with E-state index in [4.69, 9.17) is 18.9 Å². The van der Waals surface area contributed by atoms with Gasteiger partial charge in [0.25, 0.3) is 0 Å². The summed E-state index contributed by atoms with van der Waals surface area (Å²) in [5.74, 6) is 0.487. The molecule has 10 nitrogen and oxygen atoms in total. The summed E-state index contributed by atoms with van der Waals surface area (Å²) < 4.78 is 20.3. The van der Waals surface area contributed by atoms with E-state index in [0.717, 1.165) is 34.8 Å². The van der Waals surface area contributed by atoms with Crippen molar-refractivity contribution in [1.29, 1.82) is 0 Å². The fourth-order valence-electron chi connectivity index (χ4n) is 4.41. The number of aromatic hydroxyl groups is 4. The zero-order chi connectivity index (χ0) is 32.2. The lowest BCUT2D eigenvalue weighted by Crippen LogP contribution is -2.04. The first-order valence-electron chi connectivity index (χ1n) is 13.6. The molecule has 0 aliphatic rings. The van der Waals surface area contributed by atoms with E-state index >= 15 is 0 Å². The molecule has 0 fully saturated rings. The molecule has 232 valence electrons. The highest BCUT2D eigenvalue weighted by molar-refractivity contribution is 6.02. The Bertz CT molecular complexity index is 1440. The van der Waals surface area contributed by atoms with Crippen molar-refractivity contribution in [3.05, 3.63) is 95.1 Å². The highest BCUT2D eigenvalue weighted by atomic mass is 16.5. The first-order valence-corrected chi connectivity index (χ1v) is 13.6. The summed E-state index contributed by atoms with van der Waals surface area (Å²) in [7, 11) is 5.96. The van der Waals surface area contributed by atoms with Crippen LogP contribution in [0.2, 0.25) is 0 Å². The van der Waals surface area contributed by atoms with Gasteiger partial charge in [-0.3, -0.25) is 9.59 Å². The van der Waals surface area contributed by atoms with Crippen LogP contribution < -0.4 is 18.9 Å². The van der Waals surface area contributed by atoms with Crippen molar-refractivity contribution in [3.63, 3.8) is 0 Å². The number of hydrogen-bond acceptors (Lipinski definition) is 10. The fraction of sp³-hybridized carbons (Fsp3) is 0.235. The molecule has 0 amide bonds. The third-order valence-electron chi connectivity index (χ3n) is 6.73. The molecule has 0 saturated carbocycles. The maximum atomic E-state index is 12.3. The van der Waals surface area contributed by atoms with E-state index in [9.17, 15) is 30.0 Å². The molecule has 0 aliphatic carbocycles. The average molecular weight is 605 g/mol. The van der Waals surface area contributed by atoms with Gasteiger partial charge >= 0.3 is 0 Å². The third-order valence-corrected chi connectivity index (χ3v) is 6.73. The molecule has 0 spiro atoms. The standard InChI is InChI=1S/2C17H18O5/c2*1-21-13-6-3-11(4-7-13)5-8-14(19)17-15(20)9-12(18)10-16(17)22-2/h2*3-4,6-7,9-10,18,20H,5,8H2,1-2H3. The molecule has 10 heteroatoms. The Kier molecular flexibility index (Phi) is 11.8. The second-order valence-electron chi connectivity index (χ2n) is 9.63. The van der Waals surface area contributed by atoms with Crippen LogP contribution >= 0.6 is 0 Å². The molecule has 0 bridgehead atoms. The molecule has 4 N–H and O–H groups in total. The summed E-state index contributed by atoms with van der Waals surface area (Å²) in [5.41, 5.74) is 2.17. The Labute approximate surface area is 255 Å². The number of ether oxygens (including phenoxy) is 4. The van der Waals surface area contributed by atoms with Crippen molar-refractivity contribution in [2.24, 2.45) is 0 Å². The Morgan fingerprint density at radius 2 is 0.864 bits per heavy atom. The fourth-order valence-corrected chi connectivity index (χ4v) is 4.41. The molecule has 0 unspecified atom stereocenters. The molecule has 0 aliphatic heterocycles. The van der Waals surface area contributed by atoms with Gasteiger partial charge in [0, 0.05) is 37.1 Å². The van der Waals surface area contributed by atoms with Crippen LogP contribution in [-0.2, 0) is 12.8 Å². The molecular formula is C34H36O10. The minimum atomic E-state index is -0.281. The van der Waals surface area contributed by atoms with E-state index < -0.39 is 0 Å². The van der Waals surface area contributed by atoms with E-state index in [1.165, 1.54) is 26.4 Å². The number of rotatable bonds is 12. The van der Waals surface area contributed by atoms with Gasteiger partial charge in [0.15, 0.2) is 11.6 Å². The SMILES string of the molecule is COc1ccc(CCC(=O)c2c(O)cc(O)cc2OC)cc1.COc1ccc(CCC(=O)c2c(O)cc(O)cc2OC)cc1. The highest BCUT2D eigenvalue weighted by Gasteiger charge is 2.20. The van der Waals surface area contributed by atoms with Gasteiger partial charge in [-0.1, -0.05) is 24.3 Å². The highest BCUT2D eigenvalue weighted by Crippen LogP contribution is 2.35. The van der Waals surface area contributed by atoms with Crippen LogP contribution in [0.1, 0.15) is 44.7 Å². The number of carbonyl (C=O) groups excluding carboxylic acids is 2. The molecule has 4 aromatic rings. The van der Waals surface area contributed by atoms with E-state index in [1.54, 1.807) is 14.2 Å². The number of Topliss-reactive ketones (excluding diaryl/α,β-unsaturated/α-hetero) is 2. The van der Waals surface area contributed by atoms with Crippen molar-refractivity contribution < 1.29 is 49.0 Å². The lowest BCUT2D eigenvalue weighted by atomic mass is 10.0. The Morgan fingerprint density at radius 3 is 1.16 bits per heavy atom. The molecule has 0 radical (unpaired) electrons. The second kappa shape index (κ2) is 15.7. The largest absolute Gasteiger partial charge is 0.508 e. The number of methoxy groups -OCH3 is 4. The summed E-state index contributed by atoms with van der Waals surface area (Å²) in [6.07, 6.45) is 1.51. The minimum Gasteiger partial charge on any atom is -0.508 e. The molecule has 0 aromatic heterocycles. The van der Waals surface area contributed by atoms with Gasteiger partial charge in [-0.25, -0.2) is 0 Å². The van der Waals surface area contributed by atoms with Crippen molar-refractivity contribution in [2.45, 2.75) is 25.7 Å². The lowest BCUT2D eigenvalue weighted by Gasteiger charge is -2.10. The van der Waals surface area contributed by atoms with Crippen molar-refractivity contribution in [3.8, 4) is 46.0 Å². The van der Waals surface area contributed by atoms with Crippen LogP contribution in [0.4, 0.5) is 0 Å². The van der Waals surface area contributed by atoms with Crippen LogP contribution in [-0.4, -0.2) is 60.4 Å². The second-order valence-corrected chi connectivity index (χ2v) is 9.63. The number of phenolic OH excluding ortho intramolecular Hbond substituents is 4. The molecule has 0 atom stereocenters. The van der Waals surface area contributed by atoms with E-state index in [-0.39, 0.29) is 70.0 Å². The summed E-state index contributed by atoms with van der Waals surface area (Å²) in [4.78, 5) is 24.6. The molecule has 44 heavy (non-hydrogen) atoms. The minimum absolute atomic E-state index is 0.0915. The van der Waals surface area contributed by atoms with Crippen molar-refractivity contribution in [2.75, 3.05) is 28.4 Å². The predicted octanol–water partition coefficient (Wildman–Crippen LogP) is 5.86. The van der Waals surface area contributed by atoms with E-state index in [0.29, 0.717) is 12.8 Å².